The highest BCUT2D eigenvalue weighted by molar-refractivity contribution is 6.36. The smallest absolute Gasteiger partial charge is 0.339 e. The molecule has 1 saturated carbocycles. The maximum Gasteiger partial charge on any atom is 0.339 e. The van der Waals surface area contributed by atoms with Crippen LogP contribution in [0.5, 0.6) is 0 Å². The van der Waals surface area contributed by atoms with Crippen LogP contribution in [-0.2, 0) is 16.8 Å². The first kappa shape index (κ1) is 17.3. The summed E-state index contributed by atoms with van der Waals surface area (Å²) in [7, 11) is 0. The van der Waals surface area contributed by atoms with Crippen LogP contribution in [0.4, 0.5) is 5.69 Å². The molecule has 29 heavy (non-hydrogen) atoms. The average molecular weight is 409 g/mol. The summed E-state index contributed by atoms with van der Waals surface area (Å²) in [6, 6.07) is 9.80. The summed E-state index contributed by atoms with van der Waals surface area (Å²) in [5, 5.41) is 9.36. The van der Waals surface area contributed by atoms with Crippen LogP contribution in [0.3, 0.4) is 0 Å². The van der Waals surface area contributed by atoms with E-state index in [9.17, 15) is 4.79 Å². The third-order valence-electron chi connectivity index (χ3n) is 6.57. The third-order valence-corrected chi connectivity index (χ3v) is 6.94. The number of rotatable bonds is 3. The molecule has 4 heterocycles. The Morgan fingerprint density at radius 2 is 1.93 bits per heavy atom. The maximum absolute atomic E-state index is 12.3. The van der Waals surface area contributed by atoms with Crippen LogP contribution in [0, 0.1) is 5.92 Å². The number of benzene rings is 1. The molecule has 6 rings (SSSR count). The van der Waals surface area contributed by atoms with Crippen molar-refractivity contribution in [3.8, 4) is 0 Å². The van der Waals surface area contributed by atoms with E-state index in [1.165, 1.54) is 12.8 Å². The molecule has 0 bridgehead atoms. The fraction of sp³-hybridized carbons (Fsp3) is 0.409. The molecular formula is C22H21ClN4O2. The van der Waals surface area contributed by atoms with Crippen molar-refractivity contribution in [2.24, 2.45) is 5.92 Å². The molecule has 0 radical (unpaired) electrons. The Morgan fingerprint density at radius 3 is 2.72 bits per heavy atom. The van der Waals surface area contributed by atoms with Gasteiger partial charge in [0.1, 0.15) is 16.4 Å². The molecule has 1 aliphatic carbocycles. The van der Waals surface area contributed by atoms with Gasteiger partial charge in [-0.25, -0.2) is 4.79 Å². The number of fused-ring (bicyclic) bond motifs is 3. The van der Waals surface area contributed by atoms with E-state index in [-0.39, 0.29) is 5.97 Å². The lowest BCUT2D eigenvalue weighted by molar-refractivity contribution is -0.0210. The van der Waals surface area contributed by atoms with Gasteiger partial charge >= 0.3 is 5.97 Å². The SMILES string of the molecule is O=C1OC2(CCN(c3ccn4c(CC5CC5)nnc4c3Cl)CC2)c2ccccc21. The average Bonchev–Trinajstić information content (AvgIpc) is 3.40. The molecule has 0 atom stereocenters. The van der Waals surface area contributed by atoms with E-state index in [4.69, 9.17) is 16.3 Å². The first-order valence-electron chi connectivity index (χ1n) is 10.2. The Morgan fingerprint density at radius 1 is 1.14 bits per heavy atom. The van der Waals surface area contributed by atoms with Crippen LogP contribution >= 0.6 is 11.6 Å². The fourth-order valence-corrected chi connectivity index (χ4v) is 5.06. The number of piperidine rings is 1. The number of carbonyl (C=O) groups excluding carboxylic acids is 1. The number of carbonyl (C=O) groups is 1. The molecule has 2 aliphatic heterocycles. The molecule has 1 spiro atoms. The molecule has 3 aliphatic rings. The first-order chi connectivity index (χ1) is 14.1. The van der Waals surface area contributed by atoms with Crippen LogP contribution in [0.25, 0.3) is 5.65 Å². The molecule has 0 amide bonds. The van der Waals surface area contributed by atoms with Crippen molar-refractivity contribution in [2.75, 3.05) is 18.0 Å². The Labute approximate surface area is 173 Å². The van der Waals surface area contributed by atoms with E-state index in [0.29, 0.717) is 10.6 Å². The Bertz CT molecular complexity index is 1130. The van der Waals surface area contributed by atoms with Crippen LogP contribution in [0.15, 0.2) is 36.5 Å². The summed E-state index contributed by atoms with van der Waals surface area (Å²) in [6.45, 7) is 1.53. The van der Waals surface area contributed by atoms with Crippen LogP contribution in [0.2, 0.25) is 5.02 Å². The van der Waals surface area contributed by atoms with Gasteiger partial charge in [0.05, 0.1) is 11.3 Å². The van der Waals surface area contributed by atoms with E-state index < -0.39 is 5.60 Å². The number of halogens is 1. The molecule has 1 aromatic carbocycles. The molecule has 2 aromatic heterocycles. The number of pyridine rings is 1. The standard InChI is InChI=1S/C22H21ClN4O2/c23-19-17(7-10-27-18(13-14-5-6-14)24-25-20(19)27)26-11-8-22(9-12-26)16-4-2-1-3-15(16)21(28)29-22/h1-4,7,10,14H,5-6,8-9,11-13H2. The zero-order chi connectivity index (χ0) is 19.6. The van der Waals surface area contributed by atoms with Crippen molar-refractivity contribution in [3.63, 3.8) is 0 Å². The van der Waals surface area contributed by atoms with Gasteiger partial charge in [-0.15, -0.1) is 10.2 Å². The Hall–Kier alpha value is -2.60. The first-order valence-corrected chi connectivity index (χ1v) is 10.6. The largest absolute Gasteiger partial charge is 0.450 e. The highest BCUT2D eigenvalue weighted by Crippen LogP contribution is 2.45. The predicted molar refractivity (Wildman–Crippen MR) is 109 cm³/mol. The van der Waals surface area contributed by atoms with Gasteiger partial charge < -0.3 is 9.64 Å². The summed E-state index contributed by atoms with van der Waals surface area (Å²) in [6.07, 6.45) is 7.05. The van der Waals surface area contributed by atoms with E-state index in [0.717, 1.165) is 61.0 Å². The lowest BCUT2D eigenvalue weighted by Crippen LogP contribution is -2.43. The molecule has 3 aromatic rings. The molecule has 7 heteroatoms. The Balaban J connectivity index is 1.27. The minimum absolute atomic E-state index is 0.208. The number of esters is 1. The highest BCUT2D eigenvalue weighted by Gasteiger charge is 2.47. The quantitative estimate of drug-likeness (QED) is 0.613. The molecule has 0 N–H and O–H groups in total. The zero-order valence-corrected chi connectivity index (χ0v) is 16.7. The van der Waals surface area contributed by atoms with Crippen LogP contribution in [0.1, 0.15) is 47.4 Å². The molecule has 148 valence electrons. The van der Waals surface area contributed by atoms with Crippen molar-refractivity contribution in [1.29, 1.82) is 0 Å². The fourth-order valence-electron chi connectivity index (χ4n) is 4.75. The minimum Gasteiger partial charge on any atom is -0.450 e. The van der Waals surface area contributed by atoms with Crippen LogP contribution in [-0.4, -0.2) is 33.7 Å². The van der Waals surface area contributed by atoms with E-state index >= 15 is 0 Å². The number of anilines is 1. The van der Waals surface area contributed by atoms with E-state index in [1.54, 1.807) is 0 Å². The number of ether oxygens (including phenoxy) is 1. The molecule has 0 unspecified atom stereocenters. The number of hydrogen-bond acceptors (Lipinski definition) is 5. The van der Waals surface area contributed by atoms with Gasteiger partial charge in [0.25, 0.3) is 0 Å². The molecular weight excluding hydrogens is 388 g/mol. The summed E-state index contributed by atoms with van der Waals surface area (Å²) in [5.41, 5.74) is 2.91. The second-order valence-electron chi connectivity index (χ2n) is 8.39. The highest BCUT2D eigenvalue weighted by atomic mass is 35.5. The summed E-state index contributed by atoms with van der Waals surface area (Å²) in [4.78, 5) is 14.6. The van der Waals surface area contributed by atoms with Gasteiger partial charge in [-0.05, 0) is 30.9 Å². The lowest BCUT2D eigenvalue weighted by atomic mass is 9.83. The second-order valence-corrected chi connectivity index (χ2v) is 8.77. The van der Waals surface area contributed by atoms with Gasteiger partial charge in [0, 0.05) is 44.1 Å². The summed E-state index contributed by atoms with van der Waals surface area (Å²) >= 11 is 6.75. The molecule has 2 fully saturated rings. The molecule has 1 saturated heterocycles. The predicted octanol–water partition coefficient (Wildman–Crippen LogP) is 4.00. The van der Waals surface area contributed by atoms with Crippen LogP contribution < -0.4 is 4.90 Å². The lowest BCUT2D eigenvalue weighted by Gasteiger charge is -2.39. The van der Waals surface area contributed by atoms with Gasteiger partial charge in [0.15, 0.2) is 5.65 Å². The topological polar surface area (TPSA) is 59.7 Å². The summed E-state index contributed by atoms with van der Waals surface area (Å²) in [5.74, 6) is 1.53. The second kappa shape index (κ2) is 6.20. The van der Waals surface area contributed by atoms with Gasteiger partial charge in [0.2, 0.25) is 0 Å². The minimum atomic E-state index is -0.507. The number of nitrogens with zero attached hydrogens (tertiary/aromatic N) is 4. The van der Waals surface area contributed by atoms with Crippen molar-refractivity contribution in [2.45, 2.75) is 37.7 Å². The molecule has 6 nitrogen and oxygen atoms in total. The third kappa shape index (κ3) is 2.65. The van der Waals surface area contributed by atoms with E-state index in [1.807, 2.05) is 34.9 Å². The van der Waals surface area contributed by atoms with Gasteiger partial charge in [-0.3, -0.25) is 4.40 Å². The van der Waals surface area contributed by atoms with Gasteiger partial charge in [-0.2, -0.15) is 0 Å². The van der Waals surface area contributed by atoms with Crippen molar-refractivity contribution < 1.29 is 9.53 Å². The maximum atomic E-state index is 12.3. The van der Waals surface area contributed by atoms with Crippen molar-refractivity contribution >= 4 is 28.9 Å². The summed E-state index contributed by atoms with van der Waals surface area (Å²) < 4.78 is 7.88. The monoisotopic (exact) mass is 408 g/mol. The Kier molecular flexibility index (Phi) is 3.69. The van der Waals surface area contributed by atoms with Crippen molar-refractivity contribution in [1.82, 2.24) is 14.6 Å². The normalized spacial score (nSPS) is 20.3. The number of aromatic nitrogens is 3. The van der Waals surface area contributed by atoms with Gasteiger partial charge in [-0.1, -0.05) is 29.8 Å². The van der Waals surface area contributed by atoms with E-state index in [2.05, 4.69) is 21.2 Å². The number of hydrogen-bond donors (Lipinski definition) is 0. The zero-order valence-electron chi connectivity index (χ0n) is 16.0. The van der Waals surface area contributed by atoms with Crippen molar-refractivity contribution in [3.05, 3.63) is 58.5 Å².